The average molecular weight is 447 g/mol. The van der Waals surface area contributed by atoms with Crippen LogP contribution in [0.15, 0.2) is 30.5 Å². The number of carbonyl (C=O) groups excluding carboxylic acids is 2. The Balaban J connectivity index is 1.51. The van der Waals surface area contributed by atoms with Crippen LogP contribution in [0.5, 0.6) is 0 Å². The van der Waals surface area contributed by atoms with Gasteiger partial charge < -0.3 is 15.5 Å². The van der Waals surface area contributed by atoms with Crippen molar-refractivity contribution in [3.8, 4) is 0 Å². The number of nitrogens with zero attached hydrogens (tertiary/aromatic N) is 4. The summed E-state index contributed by atoms with van der Waals surface area (Å²) in [4.78, 5) is 30.5. The Morgan fingerprint density at radius 3 is 2.81 bits per heavy atom. The Labute approximate surface area is 180 Å². The molecule has 160 valence electrons. The Hall–Kier alpha value is -3.27. The SMILES string of the molecule is O=C1C[C@H](c2cc(F)ccc2F)N(c2ccn3nc(Cl)c(NC(=O)NC4CC4)c3n2)C1. The highest BCUT2D eigenvalue weighted by atomic mass is 35.5. The number of rotatable bonds is 4. The monoisotopic (exact) mass is 446 g/mol. The van der Waals surface area contributed by atoms with Crippen LogP contribution in [0.3, 0.4) is 0 Å². The third-order valence-electron chi connectivity index (χ3n) is 5.33. The summed E-state index contributed by atoms with van der Waals surface area (Å²) in [6, 6.07) is 3.81. The lowest BCUT2D eigenvalue weighted by atomic mass is 10.0. The van der Waals surface area contributed by atoms with Gasteiger partial charge in [0.15, 0.2) is 16.6 Å². The van der Waals surface area contributed by atoms with E-state index < -0.39 is 23.7 Å². The van der Waals surface area contributed by atoms with Gasteiger partial charge in [0.1, 0.15) is 23.1 Å². The van der Waals surface area contributed by atoms with Crippen LogP contribution in [-0.2, 0) is 4.79 Å². The molecule has 2 amide bonds. The van der Waals surface area contributed by atoms with Gasteiger partial charge in [-0.25, -0.2) is 23.1 Å². The minimum absolute atomic E-state index is 0.00338. The average Bonchev–Trinajstić information content (AvgIpc) is 3.38. The number of carbonyl (C=O) groups is 2. The quantitative estimate of drug-likeness (QED) is 0.640. The maximum absolute atomic E-state index is 14.4. The largest absolute Gasteiger partial charge is 0.342 e. The molecule has 31 heavy (non-hydrogen) atoms. The molecule has 3 heterocycles. The second-order valence-corrected chi connectivity index (χ2v) is 8.00. The maximum Gasteiger partial charge on any atom is 0.319 e. The molecule has 8 nitrogen and oxygen atoms in total. The molecular formula is C20H17ClF2N6O2. The molecule has 0 radical (unpaired) electrons. The summed E-state index contributed by atoms with van der Waals surface area (Å²) in [5.74, 6) is -0.952. The van der Waals surface area contributed by atoms with Gasteiger partial charge in [0.25, 0.3) is 0 Å². The zero-order chi connectivity index (χ0) is 21.7. The van der Waals surface area contributed by atoms with Gasteiger partial charge in [-0.2, -0.15) is 5.10 Å². The molecule has 5 rings (SSSR count). The lowest BCUT2D eigenvalue weighted by Gasteiger charge is -2.25. The summed E-state index contributed by atoms with van der Waals surface area (Å²) in [5.41, 5.74) is 0.577. The van der Waals surface area contributed by atoms with Crippen molar-refractivity contribution in [2.75, 3.05) is 16.8 Å². The summed E-state index contributed by atoms with van der Waals surface area (Å²) in [7, 11) is 0. The van der Waals surface area contributed by atoms with E-state index in [-0.39, 0.29) is 46.8 Å². The number of hydrogen-bond donors (Lipinski definition) is 2. The highest BCUT2D eigenvalue weighted by molar-refractivity contribution is 6.33. The molecule has 1 aliphatic heterocycles. The number of hydrogen-bond acceptors (Lipinski definition) is 5. The molecule has 0 bridgehead atoms. The summed E-state index contributed by atoms with van der Waals surface area (Å²) in [6.07, 6.45) is 3.47. The van der Waals surface area contributed by atoms with Crippen LogP contribution in [0.2, 0.25) is 5.15 Å². The number of nitrogens with one attached hydrogen (secondary N) is 2. The molecule has 11 heteroatoms. The van der Waals surface area contributed by atoms with Crippen LogP contribution in [0.25, 0.3) is 5.65 Å². The van der Waals surface area contributed by atoms with Crippen LogP contribution in [0.4, 0.5) is 25.1 Å². The van der Waals surface area contributed by atoms with Crippen molar-refractivity contribution in [3.05, 3.63) is 52.8 Å². The van der Waals surface area contributed by atoms with Gasteiger partial charge in [0.2, 0.25) is 0 Å². The van der Waals surface area contributed by atoms with E-state index in [1.165, 1.54) is 4.52 Å². The van der Waals surface area contributed by atoms with Gasteiger partial charge in [0, 0.05) is 24.2 Å². The van der Waals surface area contributed by atoms with Gasteiger partial charge in [-0.3, -0.25) is 4.79 Å². The van der Waals surface area contributed by atoms with Crippen molar-refractivity contribution in [3.63, 3.8) is 0 Å². The van der Waals surface area contributed by atoms with Gasteiger partial charge >= 0.3 is 6.03 Å². The van der Waals surface area contributed by atoms with Crippen LogP contribution in [0, 0.1) is 11.6 Å². The van der Waals surface area contributed by atoms with Crippen molar-refractivity contribution in [2.45, 2.75) is 31.3 Å². The maximum atomic E-state index is 14.4. The Morgan fingerprint density at radius 2 is 2.03 bits per heavy atom. The van der Waals surface area contributed by atoms with Crippen LogP contribution in [0.1, 0.15) is 30.9 Å². The lowest BCUT2D eigenvalue weighted by Crippen LogP contribution is -2.30. The number of amides is 2. The zero-order valence-electron chi connectivity index (χ0n) is 16.1. The fourth-order valence-electron chi connectivity index (χ4n) is 3.70. The van der Waals surface area contributed by atoms with Gasteiger partial charge in [-0.1, -0.05) is 11.6 Å². The number of ketones is 1. The molecule has 1 atom stereocenters. The zero-order valence-corrected chi connectivity index (χ0v) is 16.9. The Bertz CT molecular complexity index is 1210. The summed E-state index contributed by atoms with van der Waals surface area (Å²) in [6.45, 7) is -0.00338. The van der Waals surface area contributed by atoms with E-state index in [4.69, 9.17) is 11.6 Å². The van der Waals surface area contributed by atoms with E-state index in [2.05, 4.69) is 20.7 Å². The molecule has 2 fully saturated rings. The molecule has 0 spiro atoms. The predicted molar refractivity (Wildman–Crippen MR) is 109 cm³/mol. The number of fused-ring (bicyclic) bond motifs is 1. The molecule has 1 saturated heterocycles. The lowest BCUT2D eigenvalue weighted by molar-refractivity contribution is -0.116. The number of halogens is 3. The Kier molecular flexibility index (Phi) is 4.73. The van der Waals surface area contributed by atoms with Crippen molar-refractivity contribution in [1.82, 2.24) is 19.9 Å². The van der Waals surface area contributed by atoms with Crippen LogP contribution < -0.4 is 15.5 Å². The number of aromatic nitrogens is 3. The fraction of sp³-hybridized carbons (Fsp3) is 0.300. The van der Waals surface area contributed by atoms with E-state index in [1.807, 2.05) is 0 Å². The van der Waals surface area contributed by atoms with Gasteiger partial charge in [-0.15, -0.1) is 0 Å². The van der Waals surface area contributed by atoms with E-state index in [0.717, 1.165) is 31.0 Å². The molecule has 2 aliphatic rings. The normalized spacial score (nSPS) is 18.6. The van der Waals surface area contributed by atoms with Gasteiger partial charge in [-0.05, 0) is 37.1 Å². The molecular weight excluding hydrogens is 430 g/mol. The molecule has 1 aliphatic carbocycles. The third kappa shape index (κ3) is 3.78. The second-order valence-electron chi connectivity index (χ2n) is 7.64. The van der Waals surface area contributed by atoms with E-state index in [1.54, 1.807) is 17.2 Å². The first-order valence-corrected chi connectivity index (χ1v) is 10.1. The highest BCUT2D eigenvalue weighted by Gasteiger charge is 2.35. The summed E-state index contributed by atoms with van der Waals surface area (Å²) < 4.78 is 29.5. The predicted octanol–water partition coefficient (Wildman–Crippen LogP) is 3.47. The standard InChI is InChI=1S/C20H17ClF2N6O2/c21-18-17(26-20(31)24-11-2-3-11)19-25-16(5-6-29(19)27-18)28-9-12(30)8-15(28)13-7-10(22)1-4-14(13)23/h1,4-7,11,15H,2-3,8-9H2,(H2,24,26,31)/t15-/m1/s1. The van der Waals surface area contributed by atoms with Crippen molar-refractivity contribution in [2.24, 2.45) is 0 Å². The molecule has 2 N–H and O–H groups in total. The first-order valence-electron chi connectivity index (χ1n) is 9.75. The molecule has 2 aromatic heterocycles. The topological polar surface area (TPSA) is 91.6 Å². The number of Topliss-reactive ketones (excluding diaryl/α,β-unsaturated/α-hetero) is 1. The summed E-state index contributed by atoms with van der Waals surface area (Å²) >= 11 is 6.19. The number of urea groups is 1. The first kappa shape index (κ1) is 19.7. The highest BCUT2D eigenvalue weighted by Crippen LogP contribution is 2.36. The van der Waals surface area contributed by atoms with Crippen molar-refractivity contribution in [1.29, 1.82) is 0 Å². The van der Waals surface area contributed by atoms with E-state index in [0.29, 0.717) is 5.82 Å². The molecule has 3 aromatic rings. The fourth-order valence-corrected chi connectivity index (χ4v) is 3.92. The number of benzene rings is 1. The molecule has 1 aromatic carbocycles. The summed E-state index contributed by atoms with van der Waals surface area (Å²) in [5, 5.41) is 9.65. The third-order valence-corrected chi connectivity index (χ3v) is 5.60. The van der Waals surface area contributed by atoms with Crippen LogP contribution >= 0.6 is 11.6 Å². The second kappa shape index (κ2) is 7.45. The van der Waals surface area contributed by atoms with Crippen molar-refractivity contribution < 1.29 is 18.4 Å². The van der Waals surface area contributed by atoms with Crippen LogP contribution in [-0.4, -0.2) is 39.0 Å². The van der Waals surface area contributed by atoms with E-state index in [9.17, 15) is 18.4 Å². The molecule has 1 saturated carbocycles. The minimum Gasteiger partial charge on any atom is -0.342 e. The first-order chi connectivity index (χ1) is 14.9. The number of anilines is 2. The Morgan fingerprint density at radius 1 is 1.23 bits per heavy atom. The smallest absolute Gasteiger partial charge is 0.319 e. The van der Waals surface area contributed by atoms with E-state index >= 15 is 0 Å². The van der Waals surface area contributed by atoms with Crippen molar-refractivity contribution >= 4 is 40.6 Å². The molecule has 0 unspecified atom stereocenters. The minimum atomic E-state index is -0.703. The van der Waals surface area contributed by atoms with Gasteiger partial charge in [0.05, 0.1) is 12.6 Å².